The van der Waals surface area contributed by atoms with E-state index < -0.39 is 28.2 Å². The molecule has 0 spiro atoms. The van der Waals surface area contributed by atoms with Gasteiger partial charge in [-0.25, -0.2) is 0 Å². The van der Waals surface area contributed by atoms with Gasteiger partial charge in [-0.3, -0.25) is 29.8 Å². The van der Waals surface area contributed by atoms with Gasteiger partial charge in [0, 0.05) is 17.7 Å². The quantitative estimate of drug-likeness (QED) is 0.611. The van der Waals surface area contributed by atoms with E-state index >= 15 is 0 Å². The van der Waals surface area contributed by atoms with E-state index in [1.54, 1.807) is 0 Å². The SMILES string of the molecule is NC(=O)Cn1cc([N+](=O)[O-])s/c1=N\C(=O)c1cccc([N+](=O)[O-])c1. The van der Waals surface area contributed by atoms with Crippen molar-refractivity contribution in [2.45, 2.75) is 6.54 Å². The number of aromatic nitrogens is 1. The molecule has 24 heavy (non-hydrogen) atoms. The number of hydrogen-bond donors (Lipinski definition) is 1. The Balaban J connectivity index is 2.47. The molecule has 0 aliphatic heterocycles. The number of rotatable bonds is 5. The summed E-state index contributed by atoms with van der Waals surface area (Å²) < 4.78 is 1.07. The second kappa shape index (κ2) is 6.78. The Morgan fingerprint density at radius 3 is 2.54 bits per heavy atom. The van der Waals surface area contributed by atoms with Crippen molar-refractivity contribution in [2.75, 3.05) is 0 Å². The molecule has 2 N–H and O–H groups in total. The van der Waals surface area contributed by atoms with Gasteiger partial charge in [0.25, 0.3) is 11.6 Å². The third-order valence-electron chi connectivity index (χ3n) is 2.72. The molecule has 1 heterocycles. The molecule has 0 radical (unpaired) electrons. The molecule has 12 heteroatoms. The Morgan fingerprint density at radius 2 is 1.96 bits per heavy atom. The fourth-order valence-electron chi connectivity index (χ4n) is 1.72. The lowest BCUT2D eigenvalue weighted by Crippen LogP contribution is -2.25. The van der Waals surface area contributed by atoms with E-state index in [0.29, 0.717) is 11.3 Å². The van der Waals surface area contributed by atoms with Gasteiger partial charge in [0.15, 0.2) is 4.80 Å². The van der Waals surface area contributed by atoms with Gasteiger partial charge < -0.3 is 10.3 Å². The summed E-state index contributed by atoms with van der Waals surface area (Å²) in [6.45, 7) is -0.397. The number of amides is 2. The first-order valence-corrected chi connectivity index (χ1v) is 7.06. The van der Waals surface area contributed by atoms with Crippen LogP contribution in [0.4, 0.5) is 10.7 Å². The molecule has 2 rings (SSSR count). The molecule has 0 aliphatic rings. The molecule has 2 amide bonds. The van der Waals surface area contributed by atoms with Gasteiger partial charge in [-0.1, -0.05) is 6.07 Å². The van der Waals surface area contributed by atoms with E-state index in [1.165, 1.54) is 18.2 Å². The smallest absolute Gasteiger partial charge is 0.343 e. The van der Waals surface area contributed by atoms with Gasteiger partial charge in [-0.15, -0.1) is 0 Å². The molecular weight excluding hydrogens is 342 g/mol. The van der Waals surface area contributed by atoms with E-state index in [2.05, 4.69) is 4.99 Å². The van der Waals surface area contributed by atoms with Gasteiger partial charge in [0.2, 0.25) is 5.91 Å². The summed E-state index contributed by atoms with van der Waals surface area (Å²) in [5, 5.41) is 21.2. The summed E-state index contributed by atoms with van der Waals surface area (Å²) in [6, 6.07) is 4.88. The average molecular weight is 351 g/mol. The van der Waals surface area contributed by atoms with Crippen molar-refractivity contribution in [3.63, 3.8) is 0 Å². The number of thiazole rings is 1. The monoisotopic (exact) mass is 351 g/mol. The molecule has 0 fully saturated rings. The minimum atomic E-state index is -0.839. The number of non-ortho nitro benzene ring substituents is 1. The van der Waals surface area contributed by atoms with Gasteiger partial charge in [0.1, 0.15) is 6.54 Å². The lowest BCUT2D eigenvalue weighted by Gasteiger charge is -1.98. The first kappa shape index (κ1) is 17.0. The van der Waals surface area contributed by atoms with Gasteiger partial charge >= 0.3 is 5.00 Å². The highest BCUT2D eigenvalue weighted by Gasteiger charge is 2.16. The average Bonchev–Trinajstić information content (AvgIpc) is 2.89. The highest BCUT2D eigenvalue weighted by molar-refractivity contribution is 7.12. The Kier molecular flexibility index (Phi) is 4.79. The van der Waals surface area contributed by atoms with Crippen molar-refractivity contribution < 1.29 is 19.4 Å². The van der Waals surface area contributed by atoms with Crippen molar-refractivity contribution in [1.82, 2.24) is 4.57 Å². The molecule has 2 aromatic rings. The Bertz CT molecular complexity index is 915. The molecule has 0 aliphatic carbocycles. The Morgan fingerprint density at radius 1 is 1.25 bits per heavy atom. The van der Waals surface area contributed by atoms with Crippen LogP contribution in [-0.4, -0.2) is 26.2 Å². The van der Waals surface area contributed by atoms with E-state index in [-0.39, 0.29) is 21.1 Å². The summed E-state index contributed by atoms with van der Waals surface area (Å²) in [6.07, 6.45) is 1.04. The normalized spacial score (nSPS) is 11.2. The molecule has 1 aromatic carbocycles. The minimum absolute atomic E-state index is 0.0640. The van der Waals surface area contributed by atoms with Crippen LogP contribution in [0.25, 0.3) is 0 Å². The summed E-state index contributed by atoms with van der Waals surface area (Å²) in [5.74, 6) is -1.61. The number of nitrogens with zero attached hydrogens (tertiary/aromatic N) is 4. The third-order valence-corrected chi connectivity index (χ3v) is 3.69. The molecule has 0 saturated heterocycles. The van der Waals surface area contributed by atoms with Crippen LogP contribution in [0, 0.1) is 20.2 Å². The van der Waals surface area contributed by atoms with Crippen molar-refractivity contribution in [1.29, 1.82) is 0 Å². The fourth-order valence-corrected chi connectivity index (χ4v) is 2.53. The number of benzene rings is 1. The number of carbonyl (C=O) groups excluding carboxylic acids is 2. The van der Waals surface area contributed by atoms with E-state index in [1.807, 2.05) is 0 Å². The number of nitro benzene ring substituents is 1. The number of nitro groups is 2. The van der Waals surface area contributed by atoms with Crippen LogP contribution in [0.5, 0.6) is 0 Å². The molecule has 1 aromatic heterocycles. The molecule has 0 saturated carbocycles. The van der Waals surface area contributed by atoms with Gasteiger partial charge in [-0.05, 0) is 17.4 Å². The summed E-state index contributed by atoms with van der Waals surface area (Å²) >= 11 is 0.578. The molecule has 11 nitrogen and oxygen atoms in total. The van der Waals surface area contributed by atoms with Crippen LogP contribution >= 0.6 is 11.3 Å². The lowest BCUT2D eigenvalue weighted by molar-refractivity contribution is -0.384. The molecule has 124 valence electrons. The first-order chi connectivity index (χ1) is 11.3. The molecule has 0 unspecified atom stereocenters. The maximum atomic E-state index is 12.1. The van der Waals surface area contributed by atoms with E-state index in [9.17, 15) is 29.8 Å². The lowest BCUT2D eigenvalue weighted by atomic mass is 10.2. The topological polar surface area (TPSA) is 164 Å². The number of carbonyl (C=O) groups is 2. The zero-order valence-corrected chi connectivity index (χ0v) is 12.6. The zero-order valence-electron chi connectivity index (χ0n) is 11.8. The van der Waals surface area contributed by atoms with Crippen LogP contribution in [-0.2, 0) is 11.3 Å². The predicted molar refractivity (Wildman–Crippen MR) is 81.1 cm³/mol. The predicted octanol–water partition coefficient (Wildman–Crippen LogP) is 0.592. The van der Waals surface area contributed by atoms with Gasteiger partial charge in [0.05, 0.1) is 16.0 Å². The fraction of sp³-hybridized carbons (Fsp3) is 0.0833. The Hall–Kier alpha value is -3.41. The first-order valence-electron chi connectivity index (χ1n) is 6.24. The van der Waals surface area contributed by atoms with Crippen molar-refractivity contribution in [3.8, 4) is 0 Å². The molecule has 0 bridgehead atoms. The second-order valence-electron chi connectivity index (χ2n) is 4.43. The van der Waals surface area contributed by atoms with Crippen molar-refractivity contribution >= 4 is 33.8 Å². The maximum absolute atomic E-state index is 12.1. The van der Waals surface area contributed by atoms with Crippen molar-refractivity contribution in [3.05, 3.63) is 61.1 Å². The van der Waals surface area contributed by atoms with Gasteiger partial charge in [-0.2, -0.15) is 4.99 Å². The summed E-state index contributed by atoms with van der Waals surface area (Å²) in [4.78, 5) is 46.9. The van der Waals surface area contributed by atoms with Crippen LogP contribution in [0.3, 0.4) is 0 Å². The second-order valence-corrected chi connectivity index (χ2v) is 5.42. The van der Waals surface area contributed by atoms with Crippen LogP contribution in [0.1, 0.15) is 10.4 Å². The maximum Gasteiger partial charge on any atom is 0.343 e. The number of hydrogen-bond acceptors (Lipinski definition) is 7. The number of nitrogens with two attached hydrogens (primary N) is 1. The summed E-state index contributed by atoms with van der Waals surface area (Å²) in [5.41, 5.74) is 4.69. The van der Waals surface area contributed by atoms with E-state index in [4.69, 9.17) is 5.73 Å². The van der Waals surface area contributed by atoms with Crippen LogP contribution < -0.4 is 10.5 Å². The van der Waals surface area contributed by atoms with E-state index in [0.717, 1.165) is 16.8 Å². The van der Waals surface area contributed by atoms with Crippen LogP contribution in [0.15, 0.2) is 35.5 Å². The highest BCUT2D eigenvalue weighted by Crippen LogP contribution is 2.16. The summed E-state index contributed by atoms with van der Waals surface area (Å²) in [7, 11) is 0. The minimum Gasteiger partial charge on any atom is -0.368 e. The highest BCUT2D eigenvalue weighted by atomic mass is 32.1. The molecule has 0 atom stereocenters. The van der Waals surface area contributed by atoms with Crippen LogP contribution in [0.2, 0.25) is 0 Å². The standard InChI is InChI=1S/C12H9N5O6S/c13-9(18)5-15-6-10(17(22)23)24-12(15)14-11(19)7-2-1-3-8(4-7)16(20)21/h1-4,6H,5H2,(H2,13,18)/b14-12-. The molecular formula is C12H9N5O6S. The third kappa shape index (κ3) is 3.86. The van der Waals surface area contributed by atoms with Crippen molar-refractivity contribution in [2.24, 2.45) is 10.7 Å². The Labute approximate surface area is 137 Å². The zero-order chi connectivity index (χ0) is 17.9. The number of primary amides is 1. The largest absolute Gasteiger partial charge is 0.368 e.